The minimum absolute atomic E-state index is 0.0695. The Labute approximate surface area is 112 Å². The molecule has 0 saturated heterocycles. The zero-order chi connectivity index (χ0) is 13.7. The molecule has 2 N–H and O–H groups in total. The van der Waals surface area contributed by atoms with Gasteiger partial charge in [0.05, 0.1) is 12.6 Å². The predicted octanol–water partition coefficient (Wildman–Crippen LogP) is 2.14. The van der Waals surface area contributed by atoms with Crippen molar-refractivity contribution >= 4 is 6.01 Å². The van der Waals surface area contributed by atoms with Gasteiger partial charge in [0.15, 0.2) is 0 Å². The van der Waals surface area contributed by atoms with Crippen LogP contribution in [0.15, 0.2) is 28.9 Å². The quantitative estimate of drug-likeness (QED) is 0.829. The Hall–Kier alpha value is -1.95. The van der Waals surface area contributed by atoms with Crippen LogP contribution in [0.2, 0.25) is 0 Å². The highest BCUT2D eigenvalue weighted by Gasteiger charge is 2.10. The van der Waals surface area contributed by atoms with E-state index in [1.807, 2.05) is 25.3 Å². The van der Waals surface area contributed by atoms with Gasteiger partial charge in [0.1, 0.15) is 0 Å². The zero-order valence-corrected chi connectivity index (χ0v) is 11.4. The number of aromatic nitrogens is 3. The molecule has 6 nitrogen and oxygen atoms in total. The summed E-state index contributed by atoms with van der Waals surface area (Å²) in [4.78, 5) is 4.08. The third-order valence-corrected chi connectivity index (χ3v) is 2.65. The predicted molar refractivity (Wildman–Crippen MR) is 72.5 cm³/mol. The maximum absolute atomic E-state index is 5.51. The van der Waals surface area contributed by atoms with E-state index in [0.717, 1.165) is 5.56 Å². The second kappa shape index (κ2) is 6.29. The Bertz CT molecular complexity index is 497. The van der Waals surface area contributed by atoms with Crippen LogP contribution in [0.1, 0.15) is 38.3 Å². The number of pyridine rings is 1. The van der Waals surface area contributed by atoms with E-state index in [9.17, 15) is 0 Å². The first-order valence-corrected chi connectivity index (χ1v) is 6.37. The molecule has 0 amide bonds. The highest BCUT2D eigenvalue weighted by Crippen LogP contribution is 2.17. The third kappa shape index (κ3) is 4.03. The van der Waals surface area contributed by atoms with Gasteiger partial charge in [-0.05, 0) is 18.6 Å². The van der Waals surface area contributed by atoms with E-state index >= 15 is 0 Å². The van der Waals surface area contributed by atoms with E-state index in [1.54, 1.807) is 6.20 Å². The minimum Gasteiger partial charge on any atom is -0.407 e. The Morgan fingerprint density at radius 3 is 2.79 bits per heavy atom. The van der Waals surface area contributed by atoms with Crippen molar-refractivity contribution in [3.05, 3.63) is 36.0 Å². The Balaban J connectivity index is 1.93. The van der Waals surface area contributed by atoms with Crippen molar-refractivity contribution in [1.29, 1.82) is 0 Å². The lowest BCUT2D eigenvalue weighted by Crippen LogP contribution is -2.21. The van der Waals surface area contributed by atoms with Gasteiger partial charge in [0.25, 0.3) is 0 Å². The van der Waals surface area contributed by atoms with Gasteiger partial charge in [-0.15, -0.1) is 5.10 Å². The summed E-state index contributed by atoms with van der Waals surface area (Å²) in [7, 11) is 0. The van der Waals surface area contributed by atoms with Crippen molar-refractivity contribution < 1.29 is 4.42 Å². The van der Waals surface area contributed by atoms with Crippen LogP contribution in [0.3, 0.4) is 0 Å². The fraction of sp³-hybridized carbons (Fsp3) is 0.462. The molecule has 1 atom stereocenters. The molecule has 0 aliphatic heterocycles. The molecule has 0 bridgehead atoms. The molecular formula is C13H19N5O. The minimum atomic E-state index is 0.0695. The molecule has 0 spiro atoms. The second-order valence-corrected chi connectivity index (χ2v) is 4.69. The Morgan fingerprint density at radius 1 is 1.26 bits per heavy atom. The first kappa shape index (κ1) is 13.5. The van der Waals surface area contributed by atoms with Crippen molar-refractivity contribution in [3.63, 3.8) is 0 Å². The summed E-state index contributed by atoms with van der Waals surface area (Å²) in [6.07, 6.45) is 3.56. The molecule has 0 aromatic carbocycles. The number of anilines is 1. The van der Waals surface area contributed by atoms with Crippen molar-refractivity contribution in [2.45, 2.75) is 39.4 Å². The Kier molecular flexibility index (Phi) is 4.46. The van der Waals surface area contributed by atoms with Crippen LogP contribution >= 0.6 is 0 Å². The van der Waals surface area contributed by atoms with Crippen LogP contribution in [0.4, 0.5) is 6.01 Å². The van der Waals surface area contributed by atoms with E-state index in [-0.39, 0.29) is 6.04 Å². The molecule has 0 radical (unpaired) electrons. The highest BCUT2D eigenvalue weighted by atomic mass is 16.4. The topological polar surface area (TPSA) is 75.9 Å². The lowest BCUT2D eigenvalue weighted by atomic mass is 10.1. The van der Waals surface area contributed by atoms with E-state index in [4.69, 9.17) is 4.42 Å². The van der Waals surface area contributed by atoms with E-state index in [1.165, 1.54) is 0 Å². The lowest BCUT2D eigenvalue weighted by Gasteiger charge is -2.11. The lowest BCUT2D eigenvalue weighted by molar-refractivity contribution is 0.456. The van der Waals surface area contributed by atoms with Crippen molar-refractivity contribution in [3.8, 4) is 0 Å². The summed E-state index contributed by atoms with van der Waals surface area (Å²) < 4.78 is 5.51. The summed E-state index contributed by atoms with van der Waals surface area (Å²) in [6, 6.07) is 4.79. The van der Waals surface area contributed by atoms with Gasteiger partial charge in [0.2, 0.25) is 5.89 Å². The SMILES string of the molecule is CC(C)NCc1nnc(NC(C)c2cccnc2)o1. The summed E-state index contributed by atoms with van der Waals surface area (Å²) in [5.74, 6) is 0.578. The van der Waals surface area contributed by atoms with Crippen LogP contribution in [0.25, 0.3) is 0 Å². The average molecular weight is 261 g/mol. The highest BCUT2D eigenvalue weighted by molar-refractivity contribution is 5.26. The number of nitrogens with zero attached hydrogens (tertiary/aromatic N) is 3. The summed E-state index contributed by atoms with van der Waals surface area (Å²) in [5.41, 5.74) is 1.07. The molecule has 0 saturated carbocycles. The first-order valence-electron chi connectivity index (χ1n) is 6.37. The molecule has 6 heteroatoms. The van der Waals surface area contributed by atoms with E-state index in [2.05, 4.69) is 39.7 Å². The third-order valence-electron chi connectivity index (χ3n) is 2.65. The molecular weight excluding hydrogens is 242 g/mol. The van der Waals surface area contributed by atoms with E-state index < -0.39 is 0 Å². The second-order valence-electron chi connectivity index (χ2n) is 4.69. The van der Waals surface area contributed by atoms with Crippen LogP contribution in [-0.4, -0.2) is 21.2 Å². The molecule has 102 valence electrons. The van der Waals surface area contributed by atoms with Gasteiger partial charge in [-0.25, -0.2) is 0 Å². The molecule has 0 aliphatic carbocycles. The number of hydrogen-bond donors (Lipinski definition) is 2. The normalized spacial score (nSPS) is 12.6. The molecule has 19 heavy (non-hydrogen) atoms. The van der Waals surface area contributed by atoms with Crippen molar-refractivity contribution in [2.24, 2.45) is 0 Å². The molecule has 2 aromatic rings. The Morgan fingerprint density at radius 2 is 2.11 bits per heavy atom. The van der Waals surface area contributed by atoms with Gasteiger partial charge >= 0.3 is 6.01 Å². The van der Waals surface area contributed by atoms with Gasteiger partial charge < -0.3 is 15.1 Å². The van der Waals surface area contributed by atoms with Crippen LogP contribution in [0, 0.1) is 0 Å². The number of hydrogen-bond acceptors (Lipinski definition) is 6. The molecule has 0 fully saturated rings. The number of nitrogens with one attached hydrogen (secondary N) is 2. The summed E-state index contributed by atoms with van der Waals surface area (Å²) in [6.45, 7) is 6.74. The zero-order valence-electron chi connectivity index (χ0n) is 11.4. The molecule has 2 heterocycles. The van der Waals surface area contributed by atoms with Crippen molar-refractivity contribution in [1.82, 2.24) is 20.5 Å². The maximum Gasteiger partial charge on any atom is 0.315 e. The summed E-state index contributed by atoms with van der Waals surface area (Å²) in [5, 5.41) is 14.3. The van der Waals surface area contributed by atoms with Gasteiger partial charge in [-0.3, -0.25) is 4.98 Å². The van der Waals surface area contributed by atoms with E-state index in [0.29, 0.717) is 24.5 Å². The van der Waals surface area contributed by atoms with Gasteiger partial charge in [-0.1, -0.05) is 25.0 Å². The molecule has 1 unspecified atom stereocenters. The fourth-order valence-corrected chi connectivity index (χ4v) is 1.58. The molecule has 0 aliphatic rings. The van der Waals surface area contributed by atoms with Gasteiger partial charge in [0, 0.05) is 18.4 Å². The smallest absolute Gasteiger partial charge is 0.315 e. The maximum atomic E-state index is 5.51. The van der Waals surface area contributed by atoms with Crippen LogP contribution in [-0.2, 0) is 6.54 Å². The number of rotatable bonds is 6. The van der Waals surface area contributed by atoms with Crippen LogP contribution in [0.5, 0.6) is 0 Å². The monoisotopic (exact) mass is 261 g/mol. The summed E-state index contributed by atoms with van der Waals surface area (Å²) >= 11 is 0. The van der Waals surface area contributed by atoms with Crippen LogP contribution < -0.4 is 10.6 Å². The van der Waals surface area contributed by atoms with Crippen molar-refractivity contribution in [2.75, 3.05) is 5.32 Å². The standard InChI is InChI=1S/C13H19N5O/c1-9(2)15-8-12-17-18-13(19-12)16-10(3)11-5-4-6-14-7-11/h4-7,9-10,15H,8H2,1-3H3,(H,16,18). The van der Waals surface area contributed by atoms with Gasteiger partial charge in [-0.2, -0.15) is 0 Å². The largest absolute Gasteiger partial charge is 0.407 e. The average Bonchev–Trinajstić information content (AvgIpc) is 2.85. The molecule has 2 rings (SSSR count). The fourth-order valence-electron chi connectivity index (χ4n) is 1.58. The molecule has 2 aromatic heterocycles. The first-order chi connectivity index (χ1) is 9.15.